The number of nitrogens with zero attached hydrogens (tertiary/aromatic N) is 3. The highest BCUT2D eigenvalue weighted by atomic mass is 16.5. The molecule has 3 aliphatic heterocycles. The van der Waals surface area contributed by atoms with Crippen molar-refractivity contribution < 1.29 is 19.1 Å². The summed E-state index contributed by atoms with van der Waals surface area (Å²) in [6.07, 6.45) is 3.91. The molecule has 1 atom stereocenters. The minimum absolute atomic E-state index is 0.0177. The molecule has 3 saturated heterocycles. The van der Waals surface area contributed by atoms with E-state index in [2.05, 4.69) is 12.1 Å². The molecule has 1 spiro atoms. The van der Waals surface area contributed by atoms with Crippen molar-refractivity contribution in [3.8, 4) is 5.75 Å². The lowest BCUT2D eigenvalue weighted by Gasteiger charge is -2.39. The first-order valence-electron chi connectivity index (χ1n) is 13.5. The van der Waals surface area contributed by atoms with Gasteiger partial charge in [0.15, 0.2) is 6.61 Å². The van der Waals surface area contributed by atoms with Crippen LogP contribution in [0, 0.1) is 18.3 Å². The van der Waals surface area contributed by atoms with Crippen LogP contribution in [0.3, 0.4) is 0 Å². The number of rotatable bonds is 7. The van der Waals surface area contributed by atoms with E-state index in [9.17, 15) is 14.4 Å². The molecule has 37 heavy (non-hydrogen) atoms. The van der Waals surface area contributed by atoms with E-state index in [1.54, 1.807) is 0 Å². The molecule has 7 heteroatoms. The lowest BCUT2D eigenvalue weighted by atomic mass is 9.78. The molecule has 0 N–H and O–H groups in total. The molecule has 1 unspecified atom stereocenters. The number of ether oxygens (including phenoxy) is 1. The van der Waals surface area contributed by atoms with E-state index in [0.29, 0.717) is 32.6 Å². The maximum absolute atomic E-state index is 13.3. The van der Waals surface area contributed by atoms with Gasteiger partial charge in [0.1, 0.15) is 5.75 Å². The van der Waals surface area contributed by atoms with Gasteiger partial charge in [0.05, 0.1) is 5.92 Å². The van der Waals surface area contributed by atoms with E-state index in [1.807, 2.05) is 64.1 Å². The van der Waals surface area contributed by atoms with Gasteiger partial charge in [-0.15, -0.1) is 0 Å². The largest absolute Gasteiger partial charge is 0.484 e. The first-order valence-corrected chi connectivity index (χ1v) is 13.5. The second kappa shape index (κ2) is 11.0. The summed E-state index contributed by atoms with van der Waals surface area (Å²) in [5, 5.41) is 0. The topological polar surface area (TPSA) is 70.2 Å². The number of carbonyl (C=O) groups excluding carboxylic acids is 3. The summed E-state index contributed by atoms with van der Waals surface area (Å²) in [6, 6.07) is 17.9. The molecular weight excluding hydrogens is 466 g/mol. The average Bonchev–Trinajstić information content (AvgIpc) is 3.51. The van der Waals surface area contributed by atoms with Gasteiger partial charge >= 0.3 is 0 Å². The summed E-state index contributed by atoms with van der Waals surface area (Å²) in [4.78, 5) is 44.4. The van der Waals surface area contributed by atoms with Crippen LogP contribution in [-0.2, 0) is 20.8 Å². The van der Waals surface area contributed by atoms with Crippen LogP contribution < -0.4 is 4.74 Å². The van der Waals surface area contributed by atoms with Crippen LogP contribution in [0.15, 0.2) is 54.6 Å². The molecular formula is C30H37N3O4. The first-order chi connectivity index (χ1) is 17.9. The smallest absolute Gasteiger partial charge is 0.260 e. The van der Waals surface area contributed by atoms with Gasteiger partial charge < -0.3 is 19.4 Å². The van der Waals surface area contributed by atoms with Gasteiger partial charge in [0, 0.05) is 45.7 Å². The average molecular weight is 504 g/mol. The molecule has 0 bridgehead atoms. The fourth-order valence-electron chi connectivity index (χ4n) is 6.03. The highest BCUT2D eigenvalue weighted by molar-refractivity contribution is 5.89. The van der Waals surface area contributed by atoms with Crippen LogP contribution in [0.4, 0.5) is 0 Å². The Morgan fingerprint density at radius 2 is 1.62 bits per heavy atom. The Kier molecular flexibility index (Phi) is 7.49. The quantitative estimate of drug-likeness (QED) is 0.581. The Labute approximate surface area is 219 Å². The number of aryl methyl sites for hydroxylation is 1. The molecule has 3 aliphatic rings. The van der Waals surface area contributed by atoms with Crippen LogP contribution in [0.2, 0.25) is 0 Å². The third-order valence-corrected chi connectivity index (χ3v) is 8.45. The molecule has 2 aromatic carbocycles. The van der Waals surface area contributed by atoms with Gasteiger partial charge in [-0.3, -0.25) is 14.4 Å². The number of piperidine rings is 1. The summed E-state index contributed by atoms with van der Waals surface area (Å²) in [5.41, 5.74) is 2.31. The van der Waals surface area contributed by atoms with Crippen LogP contribution in [-0.4, -0.2) is 78.3 Å². The molecule has 7 nitrogen and oxygen atoms in total. The first kappa shape index (κ1) is 25.3. The number of hydrogen-bond acceptors (Lipinski definition) is 4. The van der Waals surface area contributed by atoms with Gasteiger partial charge in [0.25, 0.3) is 5.91 Å². The molecule has 0 aliphatic carbocycles. The normalized spacial score (nSPS) is 21.1. The maximum atomic E-state index is 13.3. The van der Waals surface area contributed by atoms with Gasteiger partial charge in [-0.2, -0.15) is 0 Å². The highest BCUT2D eigenvalue weighted by Gasteiger charge is 2.45. The minimum atomic E-state index is -0.237. The van der Waals surface area contributed by atoms with Crippen LogP contribution in [0.1, 0.15) is 36.8 Å². The molecule has 3 amide bonds. The van der Waals surface area contributed by atoms with Crippen molar-refractivity contribution in [2.75, 3.05) is 45.9 Å². The van der Waals surface area contributed by atoms with Crippen molar-refractivity contribution in [2.45, 2.75) is 39.0 Å². The summed E-state index contributed by atoms with van der Waals surface area (Å²) < 4.78 is 5.76. The lowest BCUT2D eigenvalue weighted by molar-refractivity contribution is -0.137. The van der Waals surface area contributed by atoms with Gasteiger partial charge in [0.2, 0.25) is 11.8 Å². The Hall–Kier alpha value is -3.35. The van der Waals surface area contributed by atoms with Crippen molar-refractivity contribution in [2.24, 2.45) is 11.3 Å². The Balaban J connectivity index is 1.08. The van der Waals surface area contributed by atoms with Crippen molar-refractivity contribution >= 4 is 17.7 Å². The molecule has 196 valence electrons. The van der Waals surface area contributed by atoms with Crippen molar-refractivity contribution in [3.05, 3.63) is 65.7 Å². The Morgan fingerprint density at radius 1 is 0.946 bits per heavy atom. The van der Waals surface area contributed by atoms with E-state index in [0.717, 1.165) is 50.1 Å². The van der Waals surface area contributed by atoms with E-state index in [-0.39, 0.29) is 35.7 Å². The summed E-state index contributed by atoms with van der Waals surface area (Å²) in [7, 11) is 0. The van der Waals surface area contributed by atoms with Crippen LogP contribution in [0.25, 0.3) is 0 Å². The third-order valence-electron chi connectivity index (χ3n) is 8.45. The predicted octanol–water partition coefficient (Wildman–Crippen LogP) is 3.31. The zero-order valence-electron chi connectivity index (χ0n) is 21.7. The molecule has 3 fully saturated rings. The molecule has 2 aromatic rings. The van der Waals surface area contributed by atoms with Gasteiger partial charge in [-0.1, -0.05) is 48.5 Å². The number of hydrogen-bond donors (Lipinski definition) is 0. The predicted molar refractivity (Wildman–Crippen MR) is 141 cm³/mol. The number of amides is 3. The zero-order valence-corrected chi connectivity index (χ0v) is 21.7. The standard InChI is InChI=1S/C30H37N3O4/c1-23-7-5-6-10-26(23)37-21-28(35)31-16-12-30(13-17-31)14-18-33(22-30)29(36)25-19-27(34)32(20-25)15-11-24-8-3-2-4-9-24/h2-10,25H,11-22H2,1H3. The summed E-state index contributed by atoms with van der Waals surface area (Å²) in [6.45, 7) is 6.10. The second-order valence-electron chi connectivity index (χ2n) is 10.9. The minimum Gasteiger partial charge on any atom is -0.484 e. The SMILES string of the molecule is Cc1ccccc1OCC(=O)N1CCC2(CC1)CCN(C(=O)C1CC(=O)N(CCc3ccccc3)C1)C2. The van der Waals surface area contributed by atoms with Crippen molar-refractivity contribution in [3.63, 3.8) is 0 Å². The van der Waals surface area contributed by atoms with Gasteiger partial charge in [-0.05, 0) is 55.2 Å². The summed E-state index contributed by atoms with van der Waals surface area (Å²) in [5.74, 6) is 0.738. The van der Waals surface area contributed by atoms with Crippen molar-refractivity contribution in [1.82, 2.24) is 14.7 Å². The van der Waals surface area contributed by atoms with Crippen LogP contribution >= 0.6 is 0 Å². The van der Waals surface area contributed by atoms with Crippen LogP contribution in [0.5, 0.6) is 5.75 Å². The van der Waals surface area contributed by atoms with E-state index >= 15 is 0 Å². The number of likely N-dealkylation sites (tertiary alicyclic amines) is 3. The fraction of sp³-hybridized carbons (Fsp3) is 0.500. The molecule has 5 rings (SSSR count). The van der Waals surface area contributed by atoms with E-state index in [4.69, 9.17) is 4.74 Å². The summed E-state index contributed by atoms with van der Waals surface area (Å²) >= 11 is 0. The number of benzene rings is 2. The Morgan fingerprint density at radius 3 is 2.35 bits per heavy atom. The van der Waals surface area contributed by atoms with Crippen molar-refractivity contribution in [1.29, 1.82) is 0 Å². The molecule has 3 heterocycles. The zero-order chi connectivity index (χ0) is 25.8. The third kappa shape index (κ3) is 5.81. The highest BCUT2D eigenvalue weighted by Crippen LogP contribution is 2.41. The Bertz CT molecular complexity index is 1130. The van der Waals surface area contributed by atoms with E-state index in [1.165, 1.54) is 5.56 Å². The monoisotopic (exact) mass is 503 g/mol. The second-order valence-corrected chi connectivity index (χ2v) is 10.9. The van der Waals surface area contributed by atoms with E-state index < -0.39 is 0 Å². The molecule has 0 saturated carbocycles. The maximum Gasteiger partial charge on any atom is 0.260 e. The number of carbonyl (C=O) groups is 3. The van der Waals surface area contributed by atoms with Gasteiger partial charge in [-0.25, -0.2) is 0 Å². The molecule has 0 aromatic heterocycles. The number of para-hydroxylation sites is 1. The molecule has 0 radical (unpaired) electrons. The lowest BCUT2D eigenvalue weighted by Crippen LogP contribution is -2.46. The fourth-order valence-corrected chi connectivity index (χ4v) is 6.03.